The van der Waals surface area contributed by atoms with E-state index in [4.69, 9.17) is 32.1 Å². The van der Waals surface area contributed by atoms with Crippen molar-refractivity contribution in [3.8, 4) is 0 Å². The van der Waals surface area contributed by atoms with Crippen molar-refractivity contribution < 1.29 is 40.1 Å². The van der Waals surface area contributed by atoms with E-state index in [-0.39, 0.29) is 0 Å². The Morgan fingerprint density at radius 3 is 2.25 bits per heavy atom. The first kappa shape index (κ1) is 22.5. The predicted octanol–water partition coefficient (Wildman–Crippen LogP) is -6.21. The predicted molar refractivity (Wildman–Crippen MR) is 93.7 cm³/mol. The third-order valence-electron chi connectivity index (χ3n) is 5.09. The molecule has 10 atom stereocenters. The van der Waals surface area contributed by atoms with Crippen LogP contribution in [0.3, 0.4) is 0 Å². The number of ether oxygens (including phenoxy) is 2. The van der Waals surface area contributed by atoms with Crippen LogP contribution in [0.25, 0.3) is 0 Å². The molecule has 14 heteroatoms. The van der Waals surface area contributed by atoms with Gasteiger partial charge < -0.3 is 62.6 Å². The van der Waals surface area contributed by atoms with Gasteiger partial charge in [0.1, 0.15) is 42.2 Å². The molecule has 1 saturated heterocycles. The molecule has 0 aromatic heterocycles. The first-order valence-corrected chi connectivity index (χ1v) is 8.49. The topological polar surface area (TPSA) is 266 Å². The number of aliphatic hydroxyl groups is 6. The molecule has 2 aliphatic rings. The van der Waals surface area contributed by atoms with Crippen LogP contribution >= 0.6 is 0 Å². The molecule has 14 N–H and O–H groups in total. The summed E-state index contributed by atoms with van der Waals surface area (Å²) in [6.07, 6.45) is -10.7. The zero-order chi connectivity index (χ0) is 21.4. The lowest BCUT2D eigenvalue weighted by molar-refractivity contribution is -0.244. The summed E-state index contributed by atoms with van der Waals surface area (Å²) in [5.74, 6) is -1.04. The van der Waals surface area contributed by atoms with Crippen LogP contribution < -0.4 is 22.5 Å². The van der Waals surface area contributed by atoms with Crippen LogP contribution in [-0.4, -0.2) is 110 Å². The zero-order valence-corrected chi connectivity index (χ0v) is 15.1. The summed E-state index contributed by atoms with van der Waals surface area (Å²) < 4.78 is 10.8. The lowest BCUT2D eigenvalue weighted by atomic mass is 9.81. The van der Waals surface area contributed by atoms with Crippen molar-refractivity contribution in [1.29, 1.82) is 5.41 Å². The molecule has 0 aromatic carbocycles. The maximum Gasteiger partial charge on any atom is 0.187 e. The van der Waals surface area contributed by atoms with Gasteiger partial charge in [-0.3, -0.25) is 5.41 Å². The largest absolute Gasteiger partial charge is 0.393 e. The van der Waals surface area contributed by atoms with Gasteiger partial charge in [0.25, 0.3) is 0 Å². The Morgan fingerprint density at radius 2 is 1.79 bits per heavy atom. The fourth-order valence-electron chi connectivity index (χ4n) is 3.41. The van der Waals surface area contributed by atoms with E-state index in [2.05, 4.69) is 10.3 Å². The van der Waals surface area contributed by atoms with Gasteiger partial charge in [-0.05, 0) is 6.92 Å². The molecule has 1 aliphatic carbocycles. The van der Waals surface area contributed by atoms with Crippen molar-refractivity contribution >= 4 is 11.9 Å². The van der Waals surface area contributed by atoms with Crippen LogP contribution in [0.5, 0.6) is 0 Å². The number of rotatable bonds is 5. The molecule has 0 bridgehead atoms. The summed E-state index contributed by atoms with van der Waals surface area (Å²) in [5.41, 5.74) is 13.9. The average Bonchev–Trinajstić information content (AvgIpc) is 2.83. The summed E-state index contributed by atoms with van der Waals surface area (Å²) in [6.45, 7) is 0.569. The van der Waals surface area contributed by atoms with E-state index < -0.39 is 79.1 Å². The second-order valence-electron chi connectivity index (χ2n) is 6.94. The second-order valence-corrected chi connectivity index (χ2v) is 6.94. The molecular formula is C14H28N6O8. The van der Waals surface area contributed by atoms with Gasteiger partial charge in [-0.2, -0.15) is 0 Å². The van der Waals surface area contributed by atoms with E-state index >= 15 is 0 Å². The van der Waals surface area contributed by atoms with Crippen LogP contribution in [0.1, 0.15) is 6.92 Å². The summed E-state index contributed by atoms with van der Waals surface area (Å²) in [7, 11) is 0. The van der Waals surface area contributed by atoms with E-state index in [1.165, 1.54) is 6.92 Å². The van der Waals surface area contributed by atoms with E-state index in [1.54, 1.807) is 0 Å². The molecule has 1 saturated carbocycles. The molecule has 162 valence electrons. The number of guanidine groups is 2. The minimum Gasteiger partial charge on any atom is -0.393 e. The lowest BCUT2D eigenvalue weighted by Crippen LogP contribution is -2.70. The summed E-state index contributed by atoms with van der Waals surface area (Å²) in [6, 6.07) is -2.66. The van der Waals surface area contributed by atoms with Crippen LogP contribution in [0.2, 0.25) is 0 Å². The highest BCUT2D eigenvalue weighted by atomic mass is 16.7. The first-order chi connectivity index (χ1) is 12.9. The normalized spacial score (nSPS) is 46.2. The van der Waals surface area contributed by atoms with Crippen molar-refractivity contribution in [3.05, 3.63) is 0 Å². The Kier molecular flexibility index (Phi) is 6.67. The fraction of sp³-hybridized carbons (Fsp3) is 0.857. The monoisotopic (exact) mass is 408 g/mol. The number of aliphatic imine (C=N–C) groups is 1. The van der Waals surface area contributed by atoms with Gasteiger partial charge in [0.05, 0.1) is 18.8 Å². The summed E-state index contributed by atoms with van der Waals surface area (Å²) >= 11 is 0. The summed E-state index contributed by atoms with van der Waals surface area (Å²) in [4.78, 5) is 3.69. The van der Waals surface area contributed by atoms with Crippen molar-refractivity contribution in [2.24, 2.45) is 22.2 Å². The summed E-state index contributed by atoms with van der Waals surface area (Å²) in [5, 5.41) is 71.0. The highest BCUT2D eigenvalue weighted by Crippen LogP contribution is 2.35. The van der Waals surface area contributed by atoms with Crippen molar-refractivity contribution in [2.75, 3.05) is 6.61 Å². The van der Waals surface area contributed by atoms with Crippen molar-refractivity contribution in [3.63, 3.8) is 0 Å². The molecule has 0 aromatic rings. The van der Waals surface area contributed by atoms with Gasteiger partial charge in [0.15, 0.2) is 18.2 Å². The van der Waals surface area contributed by atoms with Gasteiger partial charge in [-0.15, -0.1) is 0 Å². The Bertz CT molecular complexity index is 606. The average molecular weight is 408 g/mol. The quantitative estimate of drug-likeness (QED) is 0.150. The number of nitrogens with zero attached hydrogens (tertiary/aromatic N) is 1. The number of nitrogens with two attached hydrogens (primary N) is 3. The number of hydrogen-bond donors (Lipinski definition) is 11. The zero-order valence-electron chi connectivity index (χ0n) is 15.1. The second kappa shape index (κ2) is 8.30. The van der Waals surface area contributed by atoms with Gasteiger partial charge >= 0.3 is 0 Å². The highest BCUT2D eigenvalue weighted by molar-refractivity contribution is 5.76. The Morgan fingerprint density at radius 1 is 1.18 bits per heavy atom. The Balaban J connectivity index is 2.30. The standard InChI is InChI=1S/C14H28N6O8/c1-3-14(26,2-21)10(25)11(27-3)28-9-5(20-13(17)18)6(22)4(19-12(15)16)7(23)8(9)24/h3-11,21-26H,2H2,1H3,(H4,15,16,19)(H4,17,18,20). The smallest absolute Gasteiger partial charge is 0.187 e. The van der Waals surface area contributed by atoms with Gasteiger partial charge in [0, 0.05) is 0 Å². The van der Waals surface area contributed by atoms with Gasteiger partial charge in [-0.1, -0.05) is 0 Å². The minimum atomic E-state index is -2.02. The molecule has 10 unspecified atom stereocenters. The van der Waals surface area contributed by atoms with Crippen LogP contribution in [-0.2, 0) is 9.47 Å². The van der Waals surface area contributed by atoms with Crippen LogP contribution in [0, 0.1) is 5.41 Å². The molecule has 14 nitrogen and oxygen atoms in total. The van der Waals surface area contributed by atoms with E-state index in [0.29, 0.717) is 0 Å². The molecule has 2 rings (SSSR count). The van der Waals surface area contributed by atoms with E-state index in [0.717, 1.165) is 0 Å². The highest BCUT2D eigenvalue weighted by Gasteiger charge is 2.57. The number of hydrogen-bond acceptors (Lipinski definition) is 10. The SMILES string of the molecule is CC1OC(OC2C(O)C(O)C(N=C(N)N)C(O)C2NC(=N)N)C(O)C1(O)CO. The Hall–Kier alpha value is -1.78. The molecule has 0 radical (unpaired) electrons. The Labute approximate surface area is 160 Å². The van der Waals surface area contributed by atoms with Crippen LogP contribution in [0.4, 0.5) is 0 Å². The molecular weight excluding hydrogens is 380 g/mol. The first-order valence-electron chi connectivity index (χ1n) is 8.49. The molecule has 28 heavy (non-hydrogen) atoms. The van der Waals surface area contributed by atoms with E-state index in [9.17, 15) is 30.6 Å². The maximum absolute atomic E-state index is 10.5. The molecule has 0 spiro atoms. The number of aliphatic hydroxyl groups excluding tert-OH is 5. The lowest BCUT2D eigenvalue weighted by Gasteiger charge is -2.45. The maximum atomic E-state index is 10.5. The molecule has 0 amide bonds. The third-order valence-corrected chi connectivity index (χ3v) is 5.09. The minimum absolute atomic E-state index is 0.451. The van der Waals surface area contributed by atoms with E-state index in [1.807, 2.05) is 0 Å². The van der Waals surface area contributed by atoms with Crippen LogP contribution in [0.15, 0.2) is 4.99 Å². The van der Waals surface area contributed by atoms with Gasteiger partial charge in [-0.25, -0.2) is 4.99 Å². The third kappa shape index (κ3) is 3.99. The molecule has 1 aliphatic heterocycles. The van der Waals surface area contributed by atoms with Crippen molar-refractivity contribution in [1.82, 2.24) is 5.32 Å². The fourth-order valence-corrected chi connectivity index (χ4v) is 3.41. The molecule has 2 fully saturated rings. The van der Waals surface area contributed by atoms with Gasteiger partial charge in [0.2, 0.25) is 0 Å². The number of nitrogens with one attached hydrogen (secondary N) is 2. The van der Waals surface area contributed by atoms with Crippen molar-refractivity contribution in [2.45, 2.75) is 67.5 Å². The molecule has 1 heterocycles.